The number of amides is 1. The fourth-order valence-corrected chi connectivity index (χ4v) is 2.02. The maximum atomic E-state index is 12.1. The number of carbonyl (C=O) groups is 1. The molecule has 2 N–H and O–H groups in total. The van der Waals surface area contributed by atoms with Crippen molar-refractivity contribution in [1.29, 1.82) is 0 Å². The molecule has 0 bridgehead atoms. The van der Waals surface area contributed by atoms with Crippen LogP contribution in [-0.4, -0.2) is 16.9 Å². The summed E-state index contributed by atoms with van der Waals surface area (Å²) in [4.78, 5) is 16.3. The lowest BCUT2D eigenvalue weighted by molar-refractivity contribution is 0.0946. The lowest BCUT2D eigenvalue weighted by Crippen LogP contribution is -2.24. The molecule has 0 fully saturated rings. The van der Waals surface area contributed by atoms with Crippen molar-refractivity contribution in [2.24, 2.45) is 0 Å². The number of nitrogens with zero attached hydrogens (tertiary/aromatic N) is 1. The van der Waals surface area contributed by atoms with E-state index < -0.39 is 0 Å². The van der Waals surface area contributed by atoms with E-state index in [1.807, 2.05) is 37.3 Å². The second-order valence-corrected chi connectivity index (χ2v) is 5.34. The summed E-state index contributed by atoms with van der Waals surface area (Å²) in [6.07, 6.45) is 1.68. The van der Waals surface area contributed by atoms with Gasteiger partial charge < -0.3 is 10.6 Å². The molecule has 0 saturated heterocycles. The SMILES string of the molecule is Cc1ccccc1CNC(=O)c1ccc(NC(C)C)cn1. The molecule has 0 radical (unpaired) electrons. The summed E-state index contributed by atoms with van der Waals surface area (Å²) in [6.45, 7) is 6.66. The van der Waals surface area contributed by atoms with Gasteiger partial charge in [-0.25, -0.2) is 4.98 Å². The van der Waals surface area contributed by atoms with Gasteiger partial charge in [0.25, 0.3) is 5.91 Å². The molecule has 21 heavy (non-hydrogen) atoms. The van der Waals surface area contributed by atoms with Crippen LogP contribution in [0.25, 0.3) is 0 Å². The highest BCUT2D eigenvalue weighted by atomic mass is 16.1. The zero-order valence-electron chi connectivity index (χ0n) is 12.7. The first kappa shape index (κ1) is 15.0. The van der Waals surface area contributed by atoms with Gasteiger partial charge in [-0.15, -0.1) is 0 Å². The molecule has 4 nitrogen and oxygen atoms in total. The first-order valence-electron chi connectivity index (χ1n) is 7.11. The maximum Gasteiger partial charge on any atom is 0.270 e. The summed E-state index contributed by atoms with van der Waals surface area (Å²) < 4.78 is 0. The molecule has 0 aliphatic rings. The van der Waals surface area contributed by atoms with E-state index in [1.165, 1.54) is 5.56 Å². The van der Waals surface area contributed by atoms with Gasteiger partial charge in [0.2, 0.25) is 0 Å². The van der Waals surface area contributed by atoms with Crippen molar-refractivity contribution in [3.63, 3.8) is 0 Å². The van der Waals surface area contributed by atoms with Crippen molar-refractivity contribution >= 4 is 11.6 Å². The molecule has 0 aliphatic carbocycles. The maximum absolute atomic E-state index is 12.1. The monoisotopic (exact) mass is 283 g/mol. The summed E-state index contributed by atoms with van der Waals surface area (Å²) in [5, 5.41) is 6.14. The van der Waals surface area contributed by atoms with Crippen LogP contribution in [0.5, 0.6) is 0 Å². The zero-order valence-corrected chi connectivity index (χ0v) is 12.7. The molecule has 4 heteroatoms. The molecule has 1 aromatic carbocycles. The average Bonchev–Trinajstić information content (AvgIpc) is 2.46. The van der Waals surface area contributed by atoms with Crippen LogP contribution in [0.2, 0.25) is 0 Å². The Bertz CT molecular complexity index is 606. The highest BCUT2D eigenvalue weighted by Gasteiger charge is 2.07. The van der Waals surface area contributed by atoms with Gasteiger partial charge in [-0.2, -0.15) is 0 Å². The van der Waals surface area contributed by atoms with Gasteiger partial charge in [0.15, 0.2) is 0 Å². The van der Waals surface area contributed by atoms with Gasteiger partial charge in [-0.1, -0.05) is 24.3 Å². The van der Waals surface area contributed by atoms with E-state index in [-0.39, 0.29) is 5.91 Å². The number of hydrogen-bond donors (Lipinski definition) is 2. The molecule has 1 heterocycles. The number of benzene rings is 1. The van der Waals surface area contributed by atoms with E-state index >= 15 is 0 Å². The van der Waals surface area contributed by atoms with Crippen LogP contribution in [0.15, 0.2) is 42.6 Å². The number of aryl methyl sites for hydroxylation is 1. The van der Waals surface area contributed by atoms with E-state index in [9.17, 15) is 4.79 Å². The quantitative estimate of drug-likeness (QED) is 0.886. The van der Waals surface area contributed by atoms with Crippen molar-refractivity contribution < 1.29 is 4.79 Å². The Morgan fingerprint density at radius 1 is 1.19 bits per heavy atom. The minimum Gasteiger partial charge on any atom is -0.382 e. The number of nitrogens with one attached hydrogen (secondary N) is 2. The minimum atomic E-state index is -0.158. The lowest BCUT2D eigenvalue weighted by atomic mass is 10.1. The third kappa shape index (κ3) is 4.31. The van der Waals surface area contributed by atoms with Crippen molar-refractivity contribution in [2.45, 2.75) is 33.4 Å². The Kier molecular flexibility index (Phi) is 4.93. The van der Waals surface area contributed by atoms with E-state index in [1.54, 1.807) is 12.3 Å². The third-order valence-corrected chi connectivity index (χ3v) is 3.15. The molecular weight excluding hydrogens is 262 g/mol. The van der Waals surface area contributed by atoms with Gasteiger partial charge in [0, 0.05) is 12.6 Å². The molecular formula is C17H21N3O. The standard InChI is InChI=1S/C17H21N3O/c1-12(2)20-15-8-9-16(18-11-15)17(21)19-10-14-7-5-4-6-13(14)3/h4-9,11-12,20H,10H2,1-3H3,(H,19,21). The number of carbonyl (C=O) groups excluding carboxylic acids is 1. The smallest absolute Gasteiger partial charge is 0.270 e. The molecule has 0 atom stereocenters. The van der Waals surface area contributed by atoms with Gasteiger partial charge in [0.05, 0.1) is 11.9 Å². The largest absolute Gasteiger partial charge is 0.382 e. The first-order chi connectivity index (χ1) is 10.1. The average molecular weight is 283 g/mol. The zero-order chi connectivity index (χ0) is 15.2. The predicted molar refractivity (Wildman–Crippen MR) is 85.3 cm³/mol. The van der Waals surface area contributed by atoms with Gasteiger partial charge in [-0.05, 0) is 44.0 Å². The summed E-state index contributed by atoms with van der Waals surface area (Å²) in [5.41, 5.74) is 3.63. The molecule has 1 amide bonds. The van der Waals surface area contributed by atoms with Gasteiger partial charge >= 0.3 is 0 Å². The van der Waals surface area contributed by atoms with Crippen molar-refractivity contribution in [2.75, 3.05) is 5.32 Å². The number of rotatable bonds is 5. The van der Waals surface area contributed by atoms with Crippen LogP contribution in [0.3, 0.4) is 0 Å². The second kappa shape index (κ2) is 6.88. The van der Waals surface area contributed by atoms with Crippen molar-refractivity contribution in [3.05, 3.63) is 59.4 Å². The highest BCUT2D eigenvalue weighted by Crippen LogP contribution is 2.09. The predicted octanol–water partition coefficient (Wildman–Crippen LogP) is 3.14. The fraction of sp³-hybridized carbons (Fsp3) is 0.294. The highest BCUT2D eigenvalue weighted by molar-refractivity contribution is 5.92. The first-order valence-corrected chi connectivity index (χ1v) is 7.11. The molecule has 0 spiro atoms. The van der Waals surface area contributed by atoms with Crippen LogP contribution in [0.4, 0.5) is 5.69 Å². The van der Waals surface area contributed by atoms with Crippen LogP contribution < -0.4 is 10.6 Å². The molecule has 2 rings (SSSR count). The van der Waals surface area contributed by atoms with Crippen LogP contribution in [0.1, 0.15) is 35.5 Å². The molecule has 0 unspecified atom stereocenters. The molecule has 0 saturated carbocycles. The van der Waals surface area contributed by atoms with Crippen molar-refractivity contribution in [3.8, 4) is 0 Å². The molecule has 1 aromatic heterocycles. The molecule has 0 aliphatic heterocycles. The molecule has 2 aromatic rings. The van der Waals surface area contributed by atoms with Crippen LogP contribution in [-0.2, 0) is 6.54 Å². The Labute approximate surface area is 125 Å². The normalized spacial score (nSPS) is 10.5. The van der Waals surface area contributed by atoms with E-state index in [0.29, 0.717) is 18.3 Å². The summed E-state index contributed by atoms with van der Waals surface area (Å²) >= 11 is 0. The number of aromatic nitrogens is 1. The van der Waals surface area contributed by atoms with E-state index in [0.717, 1.165) is 11.3 Å². The molecule has 110 valence electrons. The Balaban J connectivity index is 1.96. The second-order valence-electron chi connectivity index (χ2n) is 5.34. The Hall–Kier alpha value is -2.36. The van der Waals surface area contributed by atoms with Crippen LogP contribution >= 0.6 is 0 Å². The van der Waals surface area contributed by atoms with E-state index in [4.69, 9.17) is 0 Å². The minimum absolute atomic E-state index is 0.158. The van der Waals surface area contributed by atoms with Crippen molar-refractivity contribution in [1.82, 2.24) is 10.3 Å². The van der Waals surface area contributed by atoms with E-state index in [2.05, 4.69) is 29.5 Å². The summed E-state index contributed by atoms with van der Waals surface area (Å²) in [6, 6.07) is 12.0. The number of pyridine rings is 1. The van der Waals surface area contributed by atoms with Gasteiger partial charge in [0.1, 0.15) is 5.69 Å². The third-order valence-electron chi connectivity index (χ3n) is 3.15. The topological polar surface area (TPSA) is 54.0 Å². The Morgan fingerprint density at radius 2 is 1.95 bits per heavy atom. The van der Waals surface area contributed by atoms with Crippen LogP contribution in [0, 0.1) is 6.92 Å². The lowest BCUT2D eigenvalue weighted by Gasteiger charge is -2.10. The number of hydrogen-bond acceptors (Lipinski definition) is 3. The van der Waals surface area contributed by atoms with Gasteiger partial charge in [-0.3, -0.25) is 4.79 Å². The number of anilines is 1. The Morgan fingerprint density at radius 3 is 2.57 bits per heavy atom. The summed E-state index contributed by atoms with van der Waals surface area (Å²) in [7, 11) is 0. The summed E-state index contributed by atoms with van der Waals surface area (Å²) in [5.74, 6) is -0.158. The fourth-order valence-electron chi connectivity index (χ4n) is 2.02.